The number of sulfonamides is 1. The van der Waals surface area contributed by atoms with Gasteiger partial charge in [-0.3, -0.25) is 0 Å². The molecule has 1 amide bonds. The molecule has 0 atom stereocenters. The molecule has 1 saturated carbocycles. The van der Waals surface area contributed by atoms with Crippen LogP contribution in [0.1, 0.15) is 57.4 Å². The standard InChI is InChI=1S/C25H32N6O4S2/c1-4-29-37(33,34)22-14-19(30-24-26-12-5-13-27-24)10-11-20(22)21-15-28-23(36-21)17-6-8-18(9-7-17)31-25(32)35-16(2)3/h5,10-18,29H,4,6-9H2,1-3H3,(H,31,32)(H,26,27,30)/t17-,18-. The molecule has 1 fully saturated rings. The van der Waals surface area contributed by atoms with Gasteiger partial charge in [0.05, 0.1) is 20.9 Å². The molecule has 1 aliphatic carbocycles. The molecule has 0 radical (unpaired) electrons. The van der Waals surface area contributed by atoms with E-state index in [9.17, 15) is 13.2 Å². The topological polar surface area (TPSA) is 135 Å². The molecule has 4 rings (SSSR count). The summed E-state index contributed by atoms with van der Waals surface area (Å²) in [6.45, 7) is 5.67. The lowest BCUT2D eigenvalue weighted by Gasteiger charge is -2.28. The molecule has 3 aromatic rings. The Morgan fingerprint density at radius 2 is 1.86 bits per heavy atom. The van der Waals surface area contributed by atoms with E-state index >= 15 is 0 Å². The van der Waals surface area contributed by atoms with Gasteiger partial charge in [-0.15, -0.1) is 11.3 Å². The lowest BCUT2D eigenvalue weighted by atomic mass is 9.86. The Bertz CT molecular complexity index is 1310. The van der Waals surface area contributed by atoms with Crippen molar-refractivity contribution in [3.63, 3.8) is 0 Å². The molecule has 37 heavy (non-hydrogen) atoms. The molecule has 1 aliphatic rings. The molecule has 2 aromatic heterocycles. The van der Waals surface area contributed by atoms with Crippen LogP contribution in [-0.4, -0.2) is 48.2 Å². The fourth-order valence-corrected chi connectivity index (χ4v) is 6.76. The zero-order valence-corrected chi connectivity index (χ0v) is 22.7. The van der Waals surface area contributed by atoms with Crippen LogP contribution in [0.4, 0.5) is 16.4 Å². The molecule has 3 N–H and O–H groups in total. The first kappa shape index (κ1) is 27.0. The van der Waals surface area contributed by atoms with Crippen LogP contribution >= 0.6 is 11.3 Å². The van der Waals surface area contributed by atoms with E-state index in [0.29, 0.717) is 17.2 Å². The van der Waals surface area contributed by atoms with E-state index < -0.39 is 10.0 Å². The van der Waals surface area contributed by atoms with E-state index in [2.05, 4.69) is 30.3 Å². The molecule has 0 saturated heterocycles. The SMILES string of the molecule is CCNS(=O)(=O)c1cc(Nc2ncccn2)ccc1-c1cnc([C@H]2CC[C@H](NC(=O)OC(C)C)CC2)s1. The fourth-order valence-electron chi connectivity index (χ4n) is 4.29. The molecular formula is C25H32N6O4S2. The van der Waals surface area contributed by atoms with Gasteiger partial charge in [-0.1, -0.05) is 13.0 Å². The first-order valence-corrected chi connectivity index (χ1v) is 14.7. The number of alkyl carbamates (subject to hydrolysis) is 1. The van der Waals surface area contributed by atoms with Crippen molar-refractivity contribution in [3.8, 4) is 10.4 Å². The normalized spacial score (nSPS) is 17.9. The van der Waals surface area contributed by atoms with Crippen LogP contribution in [0.15, 0.2) is 47.8 Å². The zero-order valence-electron chi connectivity index (χ0n) is 21.1. The van der Waals surface area contributed by atoms with Gasteiger partial charge in [0, 0.05) is 48.3 Å². The summed E-state index contributed by atoms with van der Waals surface area (Å²) in [6.07, 6.45) is 7.91. The summed E-state index contributed by atoms with van der Waals surface area (Å²) in [6, 6.07) is 6.99. The Labute approximate surface area is 221 Å². The van der Waals surface area contributed by atoms with Gasteiger partial charge in [0.2, 0.25) is 16.0 Å². The maximum Gasteiger partial charge on any atom is 0.407 e. The highest BCUT2D eigenvalue weighted by Crippen LogP contribution is 2.40. The van der Waals surface area contributed by atoms with Crippen LogP contribution < -0.4 is 15.4 Å². The third-order valence-electron chi connectivity index (χ3n) is 5.96. The summed E-state index contributed by atoms with van der Waals surface area (Å²) < 4.78 is 34.0. The molecule has 12 heteroatoms. The number of thiazole rings is 1. The Morgan fingerprint density at radius 1 is 1.14 bits per heavy atom. The van der Waals surface area contributed by atoms with E-state index in [0.717, 1.165) is 35.6 Å². The summed E-state index contributed by atoms with van der Waals surface area (Å²) in [5, 5.41) is 6.98. The predicted octanol–water partition coefficient (Wildman–Crippen LogP) is 4.80. The number of anilines is 2. The monoisotopic (exact) mass is 544 g/mol. The highest BCUT2D eigenvalue weighted by molar-refractivity contribution is 7.89. The van der Waals surface area contributed by atoms with E-state index in [1.165, 1.54) is 11.3 Å². The van der Waals surface area contributed by atoms with E-state index in [4.69, 9.17) is 4.74 Å². The average Bonchev–Trinajstić information content (AvgIpc) is 3.35. The Morgan fingerprint density at radius 3 is 2.54 bits per heavy atom. The summed E-state index contributed by atoms with van der Waals surface area (Å²) in [5.74, 6) is 0.646. The number of benzene rings is 1. The van der Waals surface area contributed by atoms with E-state index in [1.54, 1.807) is 43.7 Å². The Balaban J connectivity index is 1.52. The summed E-state index contributed by atoms with van der Waals surface area (Å²) in [4.78, 5) is 25.8. The number of amides is 1. The summed E-state index contributed by atoms with van der Waals surface area (Å²) in [5.41, 5.74) is 1.16. The van der Waals surface area contributed by atoms with Crippen LogP contribution in [0, 0.1) is 0 Å². The Hall–Kier alpha value is -3.09. The van der Waals surface area contributed by atoms with Crippen LogP contribution in [0.3, 0.4) is 0 Å². The minimum atomic E-state index is -3.75. The van der Waals surface area contributed by atoms with E-state index in [1.807, 2.05) is 19.9 Å². The van der Waals surface area contributed by atoms with Gasteiger partial charge < -0.3 is 15.4 Å². The van der Waals surface area contributed by atoms with Crippen molar-refractivity contribution < 1.29 is 17.9 Å². The number of rotatable bonds is 9. The minimum Gasteiger partial charge on any atom is -0.447 e. The van der Waals surface area contributed by atoms with Gasteiger partial charge in [0.1, 0.15) is 0 Å². The lowest BCUT2D eigenvalue weighted by molar-refractivity contribution is 0.109. The van der Waals surface area contributed by atoms with Crippen molar-refractivity contribution in [1.82, 2.24) is 25.0 Å². The van der Waals surface area contributed by atoms with Crippen LogP contribution in [0.25, 0.3) is 10.4 Å². The van der Waals surface area contributed by atoms with Gasteiger partial charge in [-0.2, -0.15) is 0 Å². The van der Waals surface area contributed by atoms with Gasteiger partial charge >= 0.3 is 6.09 Å². The van der Waals surface area contributed by atoms with Crippen molar-refractivity contribution in [2.75, 3.05) is 11.9 Å². The number of hydrogen-bond acceptors (Lipinski definition) is 9. The maximum atomic E-state index is 13.1. The second kappa shape index (κ2) is 12.0. The molecule has 10 nitrogen and oxygen atoms in total. The Kier molecular flexibility index (Phi) is 8.72. The molecule has 0 aliphatic heterocycles. The minimum absolute atomic E-state index is 0.0902. The van der Waals surface area contributed by atoms with Crippen LogP contribution in [0.5, 0.6) is 0 Å². The predicted molar refractivity (Wildman–Crippen MR) is 143 cm³/mol. The third-order valence-corrected chi connectivity index (χ3v) is 8.74. The molecule has 198 valence electrons. The number of aromatic nitrogens is 3. The highest BCUT2D eigenvalue weighted by Gasteiger charge is 2.27. The zero-order chi connectivity index (χ0) is 26.4. The van der Waals surface area contributed by atoms with Gasteiger partial charge in [0.25, 0.3) is 0 Å². The van der Waals surface area contributed by atoms with Gasteiger partial charge in [-0.25, -0.2) is 32.9 Å². The summed E-state index contributed by atoms with van der Waals surface area (Å²) >= 11 is 1.51. The number of hydrogen-bond donors (Lipinski definition) is 3. The fraction of sp³-hybridized carbons (Fsp3) is 0.440. The number of ether oxygens (including phenoxy) is 1. The second-order valence-electron chi connectivity index (χ2n) is 9.12. The molecule has 0 unspecified atom stereocenters. The molecular weight excluding hydrogens is 512 g/mol. The second-order valence-corrected chi connectivity index (χ2v) is 11.9. The summed E-state index contributed by atoms with van der Waals surface area (Å²) in [7, 11) is -3.75. The highest BCUT2D eigenvalue weighted by atomic mass is 32.2. The first-order valence-electron chi connectivity index (χ1n) is 12.4. The number of carbonyl (C=O) groups is 1. The van der Waals surface area contributed by atoms with Crippen molar-refractivity contribution in [1.29, 1.82) is 0 Å². The third kappa shape index (κ3) is 7.02. The van der Waals surface area contributed by atoms with Gasteiger partial charge in [-0.05, 0) is 57.7 Å². The van der Waals surface area contributed by atoms with Crippen molar-refractivity contribution in [2.24, 2.45) is 0 Å². The first-order chi connectivity index (χ1) is 17.7. The average molecular weight is 545 g/mol. The van der Waals surface area contributed by atoms with E-state index in [-0.39, 0.29) is 35.6 Å². The van der Waals surface area contributed by atoms with Gasteiger partial charge in [0.15, 0.2) is 0 Å². The quantitative estimate of drug-likeness (QED) is 0.350. The largest absolute Gasteiger partial charge is 0.447 e. The molecule has 0 spiro atoms. The maximum absolute atomic E-state index is 13.1. The van der Waals surface area contributed by atoms with Crippen molar-refractivity contribution >= 4 is 39.1 Å². The number of nitrogens with zero attached hydrogens (tertiary/aromatic N) is 3. The lowest BCUT2D eigenvalue weighted by Crippen LogP contribution is -2.38. The van der Waals surface area contributed by atoms with Crippen LogP contribution in [-0.2, 0) is 14.8 Å². The number of nitrogens with one attached hydrogen (secondary N) is 3. The van der Waals surface area contributed by atoms with Crippen LogP contribution in [0.2, 0.25) is 0 Å². The number of carbonyl (C=O) groups excluding carboxylic acids is 1. The molecule has 2 heterocycles. The molecule has 1 aromatic carbocycles. The van der Waals surface area contributed by atoms with Crippen molar-refractivity contribution in [2.45, 2.75) is 69.4 Å². The molecule has 0 bridgehead atoms. The van der Waals surface area contributed by atoms with Crippen molar-refractivity contribution in [3.05, 3.63) is 47.9 Å². The smallest absolute Gasteiger partial charge is 0.407 e.